The van der Waals surface area contributed by atoms with Crippen LogP contribution < -0.4 is 32.2 Å². The number of aromatic nitrogens is 6. The summed E-state index contributed by atoms with van der Waals surface area (Å²) in [6.45, 7) is 3.16. The van der Waals surface area contributed by atoms with Gasteiger partial charge in [0.05, 0.1) is 44.5 Å². The number of rotatable bonds is 26. The molecule has 1 unspecified atom stereocenters. The fourth-order valence-electron chi connectivity index (χ4n) is 6.57. The smallest absolute Gasteiger partial charge is 0.251 e. The Bertz CT molecular complexity index is 2040. The van der Waals surface area contributed by atoms with Gasteiger partial charge in [-0.15, -0.1) is 10.2 Å². The zero-order valence-electron chi connectivity index (χ0n) is 33.8. The van der Waals surface area contributed by atoms with E-state index in [-0.39, 0.29) is 29.5 Å². The number of unbranched alkanes of at least 4 members (excludes halogenated alkanes) is 6. The number of carbonyl (C=O) groups is 4. The van der Waals surface area contributed by atoms with Crippen molar-refractivity contribution < 1.29 is 29.6 Å². The van der Waals surface area contributed by atoms with E-state index in [0.717, 1.165) is 72.4 Å². The van der Waals surface area contributed by atoms with E-state index >= 15 is 0 Å². The molecule has 2 aromatic carbocycles. The van der Waals surface area contributed by atoms with E-state index in [1.54, 1.807) is 27.8 Å². The number of allylic oxidation sites excluding steroid dienone is 2. The zero-order chi connectivity index (χ0) is 42.4. The van der Waals surface area contributed by atoms with E-state index in [1.165, 1.54) is 0 Å². The summed E-state index contributed by atoms with van der Waals surface area (Å²) in [5.41, 5.74) is 9.34. The first-order chi connectivity index (χ1) is 29.3. The first-order valence-electron chi connectivity index (χ1n) is 20.5. The van der Waals surface area contributed by atoms with Gasteiger partial charge in [-0.1, -0.05) is 72.5 Å². The van der Waals surface area contributed by atoms with Crippen LogP contribution in [0.5, 0.6) is 0 Å². The SMILES string of the molecule is O=C(CCCCCCNC(=O)c1ccc(NCc2cn(Cc3ccccc3Cn3cc(CNC4=CCC(C(=O)NCCCCCCC(=O)NO)C=C4)nn3)nn2)cc1)NO. The van der Waals surface area contributed by atoms with E-state index in [2.05, 4.69) is 54.0 Å². The summed E-state index contributed by atoms with van der Waals surface area (Å²) in [6, 6.07) is 15.4. The normalized spacial score (nSPS) is 13.3. The monoisotopic (exact) mass is 824 g/mol. The van der Waals surface area contributed by atoms with Gasteiger partial charge in [0.1, 0.15) is 11.4 Å². The quantitative estimate of drug-likeness (QED) is 0.0256. The lowest BCUT2D eigenvalue weighted by Crippen LogP contribution is -2.31. The molecule has 4 aromatic rings. The molecule has 1 aliphatic rings. The first kappa shape index (κ1) is 44.7. The molecule has 1 aliphatic carbocycles. The molecule has 2 aromatic heterocycles. The second-order valence-electron chi connectivity index (χ2n) is 14.7. The summed E-state index contributed by atoms with van der Waals surface area (Å²) in [6.07, 6.45) is 17.4. The van der Waals surface area contributed by atoms with E-state index in [4.69, 9.17) is 10.4 Å². The maximum absolute atomic E-state index is 12.6. The molecule has 18 heteroatoms. The lowest BCUT2D eigenvalue weighted by atomic mass is 9.98. The number of hydrogen-bond acceptors (Lipinski definition) is 12. The van der Waals surface area contributed by atoms with Crippen LogP contribution in [0.2, 0.25) is 0 Å². The van der Waals surface area contributed by atoms with Crippen molar-refractivity contribution in [2.45, 2.75) is 96.8 Å². The minimum absolute atomic E-state index is 0.0000332. The van der Waals surface area contributed by atoms with Gasteiger partial charge in [-0.3, -0.25) is 29.6 Å². The van der Waals surface area contributed by atoms with Crippen molar-refractivity contribution in [2.75, 3.05) is 18.4 Å². The van der Waals surface area contributed by atoms with Gasteiger partial charge in [0.25, 0.3) is 5.91 Å². The number of carbonyl (C=O) groups excluding carboxylic acids is 4. The molecular formula is C42H56N12O6. The number of hydroxylamine groups is 2. The van der Waals surface area contributed by atoms with Crippen LogP contribution in [-0.4, -0.2) is 77.1 Å². The van der Waals surface area contributed by atoms with E-state index in [9.17, 15) is 19.2 Å². The molecule has 0 bridgehead atoms. The highest BCUT2D eigenvalue weighted by Gasteiger charge is 2.17. The van der Waals surface area contributed by atoms with Crippen LogP contribution in [0, 0.1) is 5.92 Å². The Balaban J connectivity index is 0.986. The molecule has 8 N–H and O–H groups in total. The van der Waals surface area contributed by atoms with Crippen LogP contribution in [0.15, 0.2) is 84.8 Å². The fourth-order valence-corrected chi connectivity index (χ4v) is 6.57. The maximum atomic E-state index is 12.6. The van der Waals surface area contributed by atoms with Crippen LogP contribution >= 0.6 is 0 Å². The van der Waals surface area contributed by atoms with E-state index in [1.807, 2.05) is 59.6 Å². The van der Waals surface area contributed by atoms with Crippen LogP contribution in [0.25, 0.3) is 0 Å². The average Bonchev–Trinajstić information content (AvgIpc) is 3.93. The van der Waals surface area contributed by atoms with Crippen LogP contribution in [0.4, 0.5) is 5.69 Å². The Morgan fingerprint density at radius 2 is 1.22 bits per heavy atom. The maximum Gasteiger partial charge on any atom is 0.251 e. The number of benzene rings is 2. The van der Waals surface area contributed by atoms with Crippen LogP contribution in [0.1, 0.15) is 104 Å². The van der Waals surface area contributed by atoms with Gasteiger partial charge in [0.2, 0.25) is 17.7 Å². The third-order valence-electron chi connectivity index (χ3n) is 9.98. The topological polar surface area (TPSA) is 242 Å². The van der Waals surface area contributed by atoms with Crippen molar-refractivity contribution >= 4 is 29.3 Å². The van der Waals surface area contributed by atoms with E-state index < -0.39 is 0 Å². The number of anilines is 1. The molecule has 1 atom stereocenters. The first-order valence-corrected chi connectivity index (χ1v) is 20.5. The third-order valence-corrected chi connectivity index (χ3v) is 9.98. The van der Waals surface area contributed by atoms with Crippen molar-refractivity contribution in [2.24, 2.45) is 5.92 Å². The Morgan fingerprint density at radius 1 is 0.667 bits per heavy atom. The number of nitrogens with one attached hydrogen (secondary N) is 6. The molecule has 4 amide bonds. The lowest BCUT2D eigenvalue weighted by Gasteiger charge is -2.17. The highest BCUT2D eigenvalue weighted by atomic mass is 16.5. The highest BCUT2D eigenvalue weighted by Crippen LogP contribution is 2.17. The summed E-state index contributed by atoms with van der Waals surface area (Å²) in [5, 5.41) is 47.1. The average molecular weight is 825 g/mol. The minimum Gasteiger partial charge on any atom is -0.380 e. The zero-order valence-corrected chi connectivity index (χ0v) is 33.8. The molecule has 5 rings (SSSR count). The molecule has 0 aliphatic heterocycles. The molecule has 0 saturated carbocycles. The summed E-state index contributed by atoms with van der Waals surface area (Å²) >= 11 is 0. The Morgan fingerprint density at radius 3 is 1.77 bits per heavy atom. The van der Waals surface area contributed by atoms with Crippen molar-refractivity contribution in [3.05, 3.63) is 113 Å². The molecule has 60 heavy (non-hydrogen) atoms. The van der Waals surface area contributed by atoms with Gasteiger partial charge in [0.15, 0.2) is 0 Å². The molecule has 2 heterocycles. The molecule has 18 nitrogen and oxygen atoms in total. The fraction of sp³-hybridized carbons (Fsp3) is 0.429. The van der Waals surface area contributed by atoms with Crippen LogP contribution in [-0.2, 0) is 40.6 Å². The summed E-state index contributed by atoms with van der Waals surface area (Å²) < 4.78 is 3.62. The lowest BCUT2D eigenvalue weighted by molar-refractivity contribution is -0.130. The van der Waals surface area contributed by atoms with Crippen molar-refractivity contribution in [1.82, 2.24) is 56.9 Å². The van der Waals surface area contributed by atoms with Gasteiger partial charge in [0, 0.05) is 42.9 Å². The molecule has 0 saturated heterocycles. The summed E-state index contributed by atoms with van der Waals surface area (Å²) in [4.78, 5) is 47.2. The standard InChI is InChI=1S/C42H56N12O6/c55-39(49-59)13-5-1-3-9-23-43-41(57)31-15-19-35(20-16-31)45-25-37-29-53(51-47-37)27-33-11-7-8-12-34(33)28-54-30-38(48-52-54)26-46-36-21-17-32(18-22-36)42(58)44-24-10-4-2-6-14-40(56)50-60/h7-8,11-12,15-17,19-22,29-30,32,45-46,59-60H,1-6,9-10,13-14,18,23-28H2,(H,43,57)(H,44,58)(H,49,55)(H,50,56). The second-order valence-corrected chi connectivity index (χ2v) is 14.7. The third kappa shape index (κ3) is 15.4. The minimum atomic E-state index is -0.382. The van der Waals surface area contributed by atoms with Gasteiger partial charge < -0.3 is 21.3 Å². The van der Waals surface area contributed by atoms with Gasteiger partial charge in [-0.05, 0) is 73.6 Å². The van der Waals surface area contributed by atoms with Gasteiger partial charge >= 0.3 is 0 Å². The Kier molecular flexibility index (Phi) is 18.3. The molecule has 0 radical (unpaired) electrons. The van der Waals surface area contributed by atoms with E-state index in [0.29, 0.717) is 76.9 Å². The van der Waals surface area contributed by atoms with Gasteiger partial charge in [-0.25, -0.2) is 20.3 Å². The number of nitrogens with zero attached hydrogens (tertiary/aromatic N) is 6. The van der Waals surface area contributed by atoms with Crippen molar-refractivity contribution in [3.63, 3.8) is 0 Å². The van der Waals surface area contributed by atoms with Gasteiger partial charge in [-0.2, -0.15) is 0 Å². The predicted octanol–water partition coefficient (Wildman–Crippen LogP) is 3.89. The summed E-state index contributed by atoms with van der Waals surface area (Å²) in [7, 11) is 0. The molecule has 0 fully saturated rings. The predicted molar refractivity (Wildman–Crippen MR) is 222 cm³/mol. The Hall–Kier alpha value is -6.40. The van der Waals surface area contributed by atoms with Crippen molar-refractivity contribution in [1.29, 1.82) is 0 Å². The second kappa shape index (κ2) is 24.5. The number of amides is 4. The Labute approximate surface area is 349 Å². The highest BCUT2D eigenvalue weighted by molar-refractivity contribution is 5.94. The molecular weight excluding hydrogens is 769 g/mol. The van der Waals surface area contributed by atoms with Crippen LogP contribution in [0.3, 0.4) is 0 Å². The molecule has 320 valence electrons. The van der Waals surface area contributed by atoms with Crippen molar-refractivity contribution in [3.8, 4) is 0 Å². The largest absolute Gasteiger partial charge is 0.380 e. The number of hydrogen-bond donors (Lipinski definition) is 8. The summed E-state index contributed by atoms with van der Waals surface area (Å²) in [5.74, 6) is -1.11. The molecule has 0 spiro atoms.